The Morgan fingerprint density at radius 2 is 1.57 bits per heavy atom. The third kappa shape index (κ3) is 9.09. The van der Waals surface area contributed by atoms with Crippen LogP contribution in [0.3, 0.4) is 0 Å². The highest BCUT2D eigenvalue weighted by atomic mass is 31.1. The molecule has 0 aromatic carbocycles. The summed E-state index contributed by atoms with van der Waals surface area (Å²) in [5.74, 6) is -1.88. The second-order valence-corrected chi connectivity index (χ2v) is 9.49. The van der Waals surface area contributed by atoms with E-state index < -0.39 is 19.9 Å². The maximum absolute atomic E-state index is 13.0. The summed E-state index contributed by atoms with van der Waals surface area (Å²) in [5, 5.41) is 17.9. The molecular formula is C21H26N3O5P. The molecule has 2 aromatic rings. The van der Waals surface area contributed by atoms with Crippen LogP contribution < -0.4 is 0 Å². The molecule has 2 heterocycles. The number of rotatable bonds is 13. The number of nitrogens with zero attached hydrogens (tertiary/aromatic N) is 3. The summed E-state index contributed by atoms with van der Waals surface area (Å²) in [6, 6.07) is 9.26. The van der Waals surface area contributed by atoms with Gasteiger partial charge in [0, 0.05) is 44.4 Å². The molecule has 0 saturated carbocycles. The van der Waals surface area contributed by atoms with Crippen molar-refractivity contribution in [2.24, 2.45) is 0 Å². The first-order valence-electron chi connectivity index (χ1n) is 9.66. The predicted octanol–water partition coefficient (Wildman–Crippen LogP) is 2.83. The van der Waals surface area contributed by atoms with Crippen LogP contribution in [-0.4, -0.2) is 61.4 Å². The number of hydrogen-bond acceptors (Lipinski definition) is 5. The van der Waals surface area contributed by atoms with Gasteiger partial charge in [0.25, 0.3) is 0 Å². The van der Waals surface area contributed by atoms with Crippen molar-refractivity contribution in [3.63, 3.8) is 0 Å². The number of hydrogen-bond donors (Lipinski definition) is 2. The smallest absolute Gasteiger partial charge is 0.303 e. The zero-order valence-corrected chi connectivity index (χ0v) is 17.6. The van der Waals surface area contributed by atoms with E-state index in [-0.39, 0.29) is 25.2 Å². The van der Waals surface area contributed by atoms with E-state index in [2.05, 4.69) is 9.97 Å². The predicted molar refractivity (Wildman–Crippen MR) is 113 cm³/mol. The molecule has 0 aliphatic heterocycles. The lowest BCUT2D eigenvalue weighted by atomic mass is 10.2. The Balaban J connectivity index is 2.03. The van der Waals surface area contributed by atoms with Gasteiger partial charge >= 0.3 is 11.9 Å². The SMILES string of the molecule is O=C(O)CCP(CCC(=O)O)CCC(=O)N(Cc1cccnc1)Cc1ccccn1. The summed E-state index contributed by atoms with van der Waals surface area (Å²) < 4.78 is 0. The van der Waals surface area contributed by atoms with Crippen molar-refractivity contribution in [1.29, 1.82) is 0 Å². The average molecular weight is 431 g/mol. The first kappa shape index (κ1) is 23.4. The molecule has 8 nitrogen and oxygen atoms in total. The molecule has 0 saturated heterocycles. The Morgan fingerprint density at radius 3 is 2.13 bits per heavy atom. The molecule has 0 radical (unpaired) electrons. The van der Waals surface area contributed by atoms with Crippen molar-refractivity contribution < 1.29 is 24.6 Å². The van der Waals surface area contributed by atoms with E-state index in [0.29, 0.717) is 31.6 Å². The van der Waals surface area contributed by atoms with Gasteiger partial charge in [0.05, 0.1) is 12.2 Å². The fourth-order valence-electron chi connectivity index (χ4n) is 2.89. The summed E-state index contributed by atoms with van der Waals surface area (Å²) in [4.78, 5) is 44.9. The van der Waals surface area contributed by atoms with Gasteiger partial charge in [-0.25, -0.2) is 0 Å². The fraction of sp³-hybridized carbons (Fsp3) is 0.381. The lowest BCUT2D eigenvalue weighted by Crippen LogP contribution is -2.31. The van der Waals surface area contributed by atoms with Crippen LogP contribution in [0.25, 0.3) is 0 Å². The van der Waals surface area contributed by atoms with Crippen molar-refractivity contribution in [1.82, 2.24) is 14.9 Å². The number of carboxylic acids is 2. The molecule has 0 spiro atoms. The highest BCUT2D eigenvalue weighted by molar-refractivity contribution is 7.57. The van der Waals surface area contributed by atoms with Crippen LogP contribution in [0.1, 0.15) is 30.5 Å². The number of amides is 1. The van der Waals surface area contributed by atoms with E-state index in [1.807, 2.05) is 30.3 Å². The molecule has 2 N–H and O–H groups in total. The molecule has 2 rings (SSSR count). The Hall–Kier alpha value is -2.86. The highest BCUT2D eigenvalue weighted by Gasteiger charge is 2.19. The topological polar surface area (TPSA) is 121 Å². The Labute approximate surface area is 176 Å². The molecule has 0 fully saturated rings. The van der Waals surface area contributed by atoms with E-state index in [1.54, 1.807) is 23.5 Å². The van der Waals surface area contributed by atoms with Gasteiger partial charge in [0.2, 0.25) is 5.91 Å². The quantitative estimate of drug-likeness (QED) is 0.468. The molecule has 0 aliphatic carbocycles. The normalized spacial score (nSPS) is 10.7. The van der Waals surface area contributed by atoms with Crippen molar-refractivity contribution in [3.05, 3.63) is 60.2 Å². The summed E-state index contributed by atoms with van der Waals surface area (Å²) in [5.41, 5.74) is 1.68. The zero-order chi connectivity index (χ0) is 21.8. The molecule has 1 amide bonds. The summed E-state index contributed by atoms with van der Waals surface area (Å²) in [7, 11) is -0.839. The lowest BCUT2D eigenvalue weighted by molar-refractivity contribution is -0.137. The fourth-order valence-corrected chi connectivity index (χ4v) is 5.08. The Bertz CT molecular complexity index is 760. The van der Waals surface area contributed by atoms with Gasteiger partial charge < -0.3 is 15.1 Å². The van der Waals surface area contributed by atoms with Gasteiger partial charge in [-0.2, -0.15) is 0 Å². The van der Waals surface area contributed by atoms with Gasteiger partial charge in [-0.15, -0.1) is 7.92 Å². The second kappa shape index (κ2) is 12.6. The first-order chi connectivity index (χ1) is 14.4. The minimum Gasteiger partial charge on any atom is -0.481 e. The van der Waals surface area contributed by atoms with Crippen LogP contribution >= 0.6 is 7.92 Å². The molecule has 160 valence electrons. The van der Waals surface area contributed by atoms with Crippen molar-refractivity contribution in [3.8, 4) is 0 Å². The molecule has 2 aromatic heterocycles. The maximum Gasteiger partial charge on any atom is 0.303 e. The van der Waals surface area contributed by atoms with Crippen LogP contribution in [0.4, 0.5) is 0 Å². The van der Waals surface area contributed by atoms with E-state index in [0.717, 1.165) is 11.3 Å². The first-order valence-corrected chi connectivity index (χ1v) is 11.6. The molecule has 9 heteroatoms. The average Bonchev–Trinajstić information content (AvgIpc) is 2.73. The van der Waals surface area contributed by atoms with Gasteiger partial charge in [0.1, 0.15) is 0 Å². The number of carbonyl (C=O) groups excluding carboxylic acids is 1. The van der Waals surface area contributed by atoms with Crippen LogP contribution in [0.2, 0.25) is 0 Å². The van der Waals surface area contributed by atoms with Gasteiger partial charge in [-0.05, 0) is 42.2 Å². The molecular weight excluding hydrogens is 405 g/mol. The minimum absolute atomic E-state index is 0.00710. The Kier molecular flexibility index (Phi) is 9.87. The molecule has 0 bridgehead atoms. The molecule has 0 atom stereocenters. The van der Waals surface area contributed by atoms with Crippen LogP contribution in [0.5, 0.6) is 0 Å². The van der Waals surface area contributed by atoms with E-state index >= 15 is 0 Å². The van der Waals surface area contributed by atoms with Crippen LogP contribution in [0, 0.1) is 0 Å². The largest absolute Gasteiger partial charge is 0.481 e. The van der Waals surface area contributed by atoms with Crippen molar-refractivity contribution in [2.75, 3.05) is 18.5 Å². The monoisotopic (exact) mass is 431 g/mol. The van der Waals surface area contributed by atoms with Crippen LogP contribution in [-0.2, 0) is 27.5 Å². The van der Waals surface area contributed by atoms with Gasteiger partial charge in [-0.1, -0.05) is 12.1 Å². The minimum atomic E-state index is -0.905. The lowest BCUT2D eigenvalue weighted by Gasteiger charge is -2.24. The number of carbonyl (C=O) groups is 3. The van der Waals surface area contributed by atoms with Gasteiger partial charge in [0.15, 0.2) is 0 Å². The maximum atomic E-state index is 13.0. The zero-order valence-electron chi connectivity index (χ0n) is 16.7. The van der Waals surface area contributed by atoms with Gasteiger partial charge in [-0.3, -0.25) is 24.4 Å². The summed E-state index contributed by atoms with van der Waals surface area (Å²) >= 11 is 0. The third-order valence-electron chi connectivity index (χ3n) is 4.45. The number of aliphatic carboxylic acids is 2. The number of pyridine rings is 2. The summed E-state index contributed by atoms with van der Waals surface area (Å²) in [6.45, 7) is 0.752. The molecule has 0 unspecified atom stereocenters. The van der Waals surface area contributed by atoms with E-state index in [4.69, 9.17) is 10.2 Å². The highest BCUT2D eigenvalue weighted by Crippen LogP contribution is 2.38. The van der Waals surface area contributed by atoms with E-state index in [1.165, 1.54) is 0 Å². The Morgan fingerprint density at radius 1 is 0.867 bits per heavy atom. The molecule has 0 aliphatic rings. The molecule has 30 heavy (non-hydrogen) atoms. The van der Waals surface area contributed by atoms with Crippen molar-refractivity contribution >= 4 is 25.8 Å². The standard InChI is InChI=1S/C21H26N3O5P/c25-19(6-11-30(12-7-20(26)27)13-8-21(28)29)24(15-17-4-3-9-22-14-17)16-18-5-1-2-10-23-18/h1-5,9-10,14H,6-8,11-13,15-16H2,(H,26,27)(H,28,29). The third-order valence-corrected chi connectivity index (χ3v) is 7.02. The van der Waals surface area contributed by atoms with Crippen molar-refractivity contribution in [2.45, 2.75) is 32.4 Å². The second-order valence-electron chi connectivity index (χ2n) is 6.81. The number of carboxylic acid groups (broad SMARTS) is 2. The van der Waals surface area contributed by atoms with E-state index in [9.17, 15) is 14.4 Å². The number of aromatic nitrogens is 2. The van der Waals surface area contributed by atoms with Crippen LogP contribution in [0.15, 0.2) is 48.9 Å². The summed E-state index contributed by atoms with van der Waals surface area (Å²) in [6.07, 6.45) is 6.66.